The van der Waals surface area contributed by atoms with Gasteiger partial charge in [-0.1, -0.05) is 32.0 Å². The van der Waals surface area contributed by atoms with E-state index in [0.717, 1.165) is 26.1 Å². The summed E-state index contributed by atoms with van der Waals surface area (Å²) in [4.78, 5) is 2.44. The van der Waals surface area contributed by atoms with Crippen LogP contribution in [0, 0.1) is 17.2 Å². The van der Waals surface area contributed by atoms with Crippen molar-refractivity contribution in [3.8, 4) is 6.07 Å². The van der Waals surface area contributed by atoms with Crippen molar-refractivity contribution >= 4 is 5.69 Å². The highest BCUT2D eigenvalue weighted by Gasteiger charge is 2.21. The second-order valence-corrected chi connectivity index (χ2v) is 5.41. The minimum atomic E-state index is -0.0330. The lowest BCUT2D eigenvalue weighted by Crippen LogP contribution is -2.38. The number of benzene rings is 1. The molecular weight excluding hydrogens is 234 g/mol. The van der Waals surface area contributed by atoms with Crippen LogP contribution in [-0.2, 0) is 6.42 Å². The Bertz CT molecular complexity index is 450. The number of hydrogen-bond donors (Lipinski definition) is 1. The molecular formula is C16H23N3. The molecule has 1 aromatic rings. The molecule has 19 heavy (non-hydrogen) atoms. The number of fused-ring (bicyclic) bond motifs is 1. The quantitative estimate of drug-likeness (QED) is 0.881. The van der Waals surface area contributed by atoms with Crippen molar-refractivity contribution in [3.05, 3.63) is 29.8 Å². The van der Waals surface area contributed by atoms with E-state index in [9.17, 15) is 0 Å². The summed E-state index contributed by atoms with van der Waals surface area (Å²) in [6.07, 6.45) is 2.05. The molecule has 0 spiro atoms. The number of nitriles is 1. The standard InChI is InChI=1S/C16H23N3/c1-3-18-15(11-17)8-9-19-12-13(2)10-14-6-4-5-7-16(14)19/h4-7,13,15,18H,3,8-10,12H2,1-2H3. The second-order valence-electron chi connectivity index (χ2n) is 5.41. The van der Waals surface area contributed by atoms with E-state index in [-0.39, 0.29) is 6.04 Å². The first-order valence-corrected chi connectivity index (χ1v) is 7.20. The smallest absolute Gasteiger partial charge is 0.0969 e. The topological polar surface area (TPSA) is 39.1 Å². The molecule has 1 N–H and O–H groups in total. The number of nitrogens with zero attached hydrogens (tertiary/aromatic N) is 2. The Labute approximate surface area is 116 Å². The van der Waals surface area contributed by atoms with Crippen molar-refractivity contribution in [3.63, 3.8) is 0 Å². The van der Waals surface area contributed by atoms with E-state index in [2.05, 4.69) is 47.5 Å². The summed E-state index contributed by atoms with van der Waals surface area (Å²) in [5.41, 5.74) is 2.80. The maximum absolute atomic E-state index is 9.10. The van der Waals surface area contributed by atoms with Crippen molar-refractivity contribution in [2.24, 2.45) is 5.92 Å². The fourth-order valence-electron chi connectivity index (χ4n) is 2.86. The third kappa shape index (κ3) is 3.48. The molecule has 0 radical (unpaired) electrons. The average molecular weight is 257 g/mol. The summed E-state index contributed by atoms with van der Waals surface area (Å²) in [6, 6.07) is 11.0. The maximum atomic E-state index is 9.10. The molecule has 0 aliphatic carbocycles. The van der Waals surface area contributed by atoms with Crippen LogP contribution in [0.1, 0.15) is 25.8 Å². The van der Waals surface area contributed by atoms with Crippen molar-refractivity contribution in [1.82, 2.24) is 5.32 Å². The van der Waals surface area contributed by atoms with Gasteiger partial charge in [0.05, 0.1) is 12.1 Å². The van der Waals surface area contributed by atoms with Gasteiger partial charge in [0.25, 0.3) is 0 Å². The van der Waals surface area contributed by atoms with Gasteiger partial charge >= 0.3 is 0 Å². The molecule has 0 saturated carbocycles. The summed E-state index contributed by atoms with van der Waals surface area (Å²) in [5, 5.41) is 12.3. The molecule has 1 heterocycles. The summed E-state index contributed by atoms with van der Waals surface area (Å²) in [7, 11) is 0. The van der Waals surface area contributed by atoms with Crippen LogP contribution >= 0.6 is 0 Å². The summed E-state index contributed by atoms with van der Waals surface area (Å²) < 4.78 is 0. The van der Waals surface area contributed by atoms with Gasteiger partial charge in [-0.25, -0.2) is 0 Å². The molecule has 2 rings (SSSR count). The predicted octanol–water partition coefficient (Wildman–Crippen LogP) is 2.58. The molecule has 0 aromatic heterocycles. The number of hydrogen-bond acceptors (Lipinski definition) is 3. The molecule has 2 unspecified atom stereocenters. The molecule has 0 bridgehead atoms. The first-order chi connectivity index (χ1) is 9.24. The maximum Gasteiger partial charge on any atom is 0.0969 e. The fourth-order valence-corrected chi connectivity index (χ4v) is 2.86. The van der Waals surface area contributed by atoms with E-state index in [1.807, 2.05) is 6.92 Å². The van der Waals surface area contributed by atoms with E-state index < -0.39 is 0 Å². The molecule has 1 aromatic carbocycles. The Kier molecular flexibility index (Phi) is 4.81. The Balaban J connectivity index is 2.03. The van der Waals surface area contributed by atoms with Crippen LogP contribution in [0.25, 0.3) is 0 Å². The zero-order chi connectivity index (χ0) is 13.7. The molecule has 0 saturated heterocycles. The van der Waals surface area contributed by atoms with E-state index in [0.29, 0.717) is 5.92 Å². The molecule has 1 aliphatic heterocycles. The van der Waals surface area contributed by atoms with Crippen LogP contribution < -0.4 is 10.2 Å². The molecule has 102 valence electrons. The summed E-state index contributed by atoms with van der Waals surface area (Å²) in [5.74, 6) is 0.689. The third-order valence-electron chi connectivity index (χ3n) is 3.73. The van der Waals surface area contributed by atoms with E-state index in [1.54, 1.807) is 0 Å². The number of nitrogens with one attached hydrogen (secondary N) is 1. The number of para-hydroxylation sites is 1. The highest BCUT2D eigenvalue weighted by atomic mass is 15.1. The van der Waals surface area contributed by atoms with Gasteiger partial charge in [-0.3, -0.25) is 0 Å². The van der Waals surface area contributed by atoms with Crippen molar-refractivity contribution in [2.45, 2.75) is 32.7 Å². The van der Waals surface area contributed by atoms with Crippen LogP contribution in [0.3, 0.4) is 0 Å². The van der Waals surface area contributed by atoms with Gasteiger partial charge in [0, 0.05) is 18.8 Å². The third-order valence-corrected chi connectivity index (χ3v) is 3.73. The highest BCUT2D eigenvalue weighted by Crippen LogP contribution is 2.29. The predicted molar refractivity (Wildman–Crippen MR) is 79.2 cm³/mol. The van der Waals surface area contributed by atoms with Crippen molar-refractivity contribution < 1.29 is 0 Å². The van der Waals surface area contributed by atoms with Crippen LogP contribution in [0.15, 0.2) is 24.3 Å². The number of anilines is 1. The molecule has 0 amide bonds. The van der Waals surface area contributed by atoms with Crippen LogP contribution in [0.4, 0.5) is 5.69 Å². The van der Waals surface area contributed by atoms with Gasteiger partial charge in [-0.05, 0) is 36.9 Å². The van der Waals surface area contributed by atoms with Gasteiger partial charge in [-0.15, -0.1) is 0 Å². The van der Waals surface area contributed by atoms with Crippen LogP contribution in [-0.4, -0.2) is 25.7 Å². The zero-order valence-electron chi connectivity index (χ0n) is 11.9. The Morgan fingerprint density at radius 1 is 1.47 bits per heavy atom. The minimum Gasteiger partial charge on any atom is -0.371 e. The molecule has 0 fully saturated rings. The van der Waals surface area contributed by atoms with Crippen LogP contribution in [0.2, 0.25) is 0 Å². The van der Waals surface area contributed by atoms with Crippen molar-refractivity contribution in [1.29, 1.82) is 5.26 Å². The van der Waals surface area contributed by atoms with E-state index in [4.69, 9.17) is 5.26 Å². The lowest BCUT2D eigenvalue weighted by atomic mass is 9.93. The minimum absolute atomic E-state index is 0.0330. The first-order valence-electron chi connectivity index (χ1n) is 7.20. The highest BCUT2D eigenvalue weighted by molar-refractivity contribution is 5.55. The monoisotopic (exact) mass is 257 g/mol. The normalized spacial score (nSPS) is 19.6. The largest absolute Gasteiger partial charge is 0.371 e. The Hall–Kier alpha value is -1.53. The fraction of sp³-hybridized carbons (Fsp3) is 0.562. The summed E-state index contributed by atoms with van der Waals surface area (Å²) in [6.45, 7) is 7.25. The van der Waals surface area contributed by atoms with E-state index in [1.165, 1.54) is 17.7 Å². The second kappa shape index (κ2) is 6.58. The van der Waals surface area contributed by atoms with Gasteiger partial charge in [0.2, 0.25) is 0 Å². The van der Waals surface area contributed by atoms with Crippen molar-refractivity contribution in [2.75, 3.05) is 24.5 Å². The summed E-state index contributed by atoms with van der Waals surface area (Å²) >= 11 is 0. The Morgan fingerprint density at radius 3 is 3.00 bits per heavy atom. The molecule has 3 heteroatoms. The molecule has 2 atom stereocenters. The first kappa shape index (κ1) is 13.9. The van der Waals surface area contributed by atoms with Gasteiger partial charge < -0.3 is 10.2 Å². The lowest BCUT2D eigenvalue weighted by Gasteiger charge is -2.35. The number of rotatable bonds is 5. The zero-order valence-corrected chi connectivity index (χ0v) is 11.9. The van der Waals surface area contributed by atoms with Gasteiger partial charge in [0.1, 0.15) is 0 Å². The Morgan fingerprint density at radius 2 is 2.26 bits per heavy atom. The molecule has 3 nitrogen and oxygen atoms in total. The van der Waals surface area contributed by atoms with E-state index >= 15 is 0 Å². The molecule has 1 aliphatic rings. The average Bonchev–Trinajstić information content (AvgIpc) is 2.43. The SMILES string of the molecule is CCNC(C#N)CCN1CC(C)Cc2ccccc21. The van der Waals surface area contributed by atoms with Crippen LogP contribution in [0.5, 0.6) is 0 Å². The van der Waals surface area contributed by atoms with Gasteiger partial charge in [-0.2, -0.15) is 5.26 Å². The van der Waals surface area contributed by atoms with Gasteiger partial charge in [0.15, 0.2) is 0 Å². The lowest BCUT2D eigenvalue weighted by molar-refractivity contribution is 0.506.